The number of hydrogen-bond donors (Lipinski definition) is 1. The summed E-state index contributed by atoms with van der Waals surface area (Å²) in [5, 5.41) is 3.46. The molecule has 5 heteroatoms. The molecule has 0 fully saturated rings. The fraction of sp³-hybridized carbons (Fsp3) is 0.600. The van der Waals surface area contributed by atoms with Gasteiger partial charge in [-0.15, -0.1) is 0 Å². The summed E-state index contributed by atoms with van der Waals surface area (Å²) in [6, 6.07) is 7.28. The lowest BCUT2D eigenvalue weighted by Crippen LogP contribution is -2.29. The summed E-state index contributed by atoms with van der Waals surface area (Å²) >= 11 is 0. The van der Waals surface area contributed by atoms with Crippen molar-refractivity contribution in [1.29, 1.82) is 0 Å². The molecule has 114 valence electrons. The van der Waals surface area contributed by atoms with Gasteiger partial charge in [-0.2, -0.15) is 0 Å². The standard InChI is InChI=1S/C15H26N2O2S/c1-12(16-11-15(2,3)4)13-7-9-14(10-8-13)20(18,19)17(5)6/h7-10,12,16H,11H2,1-6H3. The molecule has 20 heavy (non-hydrogen) atoms. The van der Waals surface area contributed by atoms with E-state index in [1.165, 1.54) is 18.4 Å². The highest BCUT2D eigenvalue weighted by atomic mass is 32.2. The first-order valence-electron chi connectivity index (χ1n) is 6.80. The lowest BCUT2D eigenvalue weighted by molar-refractivity contribution is 0.359. The van der Waals surface area contributed by atoms with Crippen molar-refractivity contribution >= 4 is 10.0 Å². The van der Waals surface area contributed by atoms with Crippen LogP contribution in [0.5, 0.6) is 0 Å². The lowest BCUT2D eigenvalue weighted by Gasteiger charge is -2.23. The van der Waals surface area contributed by atoms with Gasteiger partial charge in [0.25, 0.3) is 0 Å². The van der Waals surface area contributed by atoms with Crippen molar-refractivity contribution < 1.29 is 8.42 Å². The molecular formula is C15H26N2O2S. The van der Waals surface area contributed by atoms with Gasteiger partial charge in [-0.25, -0.2) is 12.7 Å². The molecule has 0 aliphatic heterocycles. The Morgan fingerprint density at radius 3 is 2.05 bits per heavy atom. The van der Waals surface area contributed by atoms with E-state index in [1.807, 2.05) is 12.1 Å². The van der Waals surface area contributed by atoms with Crippen molar-refractivity contribution in [3.63, 3.8) is 0 Å². The van der Waals surface area contributed by atoms with Crippen LogP contribution in [0.15, 0.2) is 29.2 Å². The van der Waals surface area contributed by atoms with Gasteiger partial charge in [-0.05, 0) is 30.0 Å². The van der Waals surface area contributed by atoms with Crippen LogP contribution in [0.1, 0.15) is 39.3 Å². The van der Waals surface area contributed by atoms with Gasteiger partial charge in [0.2, 0.25) is 10.0 Å². The van der Waals surface area contributed by atoms with Gasteiger partial charge in [-0.3, -0.25) is 0 Å². The third-order valence-corrected chi connectivity index (χ3v) is 4.93. The maximum absolute atomic E-state index is 12.0. The third kappa shape index (κ3) is 4.58. The molecule has 4 nitrogen and oxygen atoms in total. The third-order valence-electron chi connectivity index (χ3n) is 3.10. The number of nitrogens with zero attached hydrogens (tertiary/aromatic N) is 1. The minimum atomic E-state index is -3.34. The predicted octanol–water partition coefficient (Wildman–Crippen LogP) is 2.63. The van der Waals surface area contributed by atoms with Crippen molar-refractivity contribution in [2.75, 3.05) is 20.6 Å². The van der Waals surface area contributed by atoms with E-state index in [1.54, 1.807) is 12.1 Å². The Balaban J connectivity index is 2.82. The second-order valence-corrected chi connectivity index (χ2v) is 8.67. The van der Waals surface area contributed by atoms with Crippen molar-refractivity contribution in [2.24, 2.45) is 5.41 Å². The maximum Gasteiger partial charge on any atom is 0.242 e. The summed E-state index contributed by atoms with van der Waals surface area (Å²) < 4.78 is 25.2. The summed E-state index contributed by atoms with van der Waals surface area (Å²) in [6.07, 6.45) is 0. The topological polar surface area (TPSA) is 49.4 Å². The SMILES string of the molecule is CC(NCC(C)(C)C)c1ccc(S(=O)(=O)N(C)C)cc1. The fourth-order valence-corrected chi connectivity index (χ4v) is 2.62. The average molecular weight is 298 g/mol. The van der Waals surface area contributed by atoms with E-state index in [0.29, 0.717) is 4.90 Å². The van der Waals surface area contributed by atoms with Crippen molar-refractivity contribution in [1.82, 2.24) is 9.62 Å². The van der Waals surface area contributed by atoms with Gasteiger partial charge < -0.3 is 5.32 Å². The van der Waals surface area contributed by atoms with Crippen molar-refractivity contribution in [3.8, 4) is 0 Å². The van der Waals surface area contributed by atoms with Crippen LogP contribution in [0.2, 0.25) is 0 Å². The lowest BCUT2D eigenvalue weighted by atomic mass is 9.96. The molecule has 0 spiro atoms. The summed E-state index contributed by atoms with van der Waals surface area (Å²) in [4.78, 5) is 0.328. The highest BCUT2D eigenvalue weighted by Crippen LogP contribution is 2.19. The first-order chi connectivity index (χ1) is 9.04. The van der Waals surface area contributed by atoms with E-state index in [4.69, 9.17) is 0 Å². The van der Waals surface area contributed by atoms with Crippen LogP contribution in [0.25, 0.3) is 0 Å². The first kappa shape index (κ1) is 17.1. The molecule has 1 unspecified atom stereocenters. The maximum atomic E-state index is 12.0. The van der Waals surface area contributed by atoms with Crippen LogP contribution in [-0.2, 0) is 10.0 Å². The second-order valence-electron chi connectivity index (χ2n) is 6.52. The van der Waals surface area contributed by atoms with Crippen LogP contribution >= 0.6 is 0 Å². The zero-order valence-corrected chi connectivity index (χ0v) is 14.1. The van der Waals surface area contributed by atoms with Crippen LogP contribution < -0.4 is 5.32 Å². The largest absolute Gasteiger partial charge is 0.310 e. The van der Waals surface area contributed by atoms with E-state index in [0.717, 1.165) is 12.1 Å². The van der Waals surface area contributed by atoms with Crippen molar-refractivity contribution in [2.45, 2.75) is 38.6 Å². The van der Waals surface area contributed by atoms with Crippen LogP contribution in [0.4, 0.5) is 0 Å². The minimum Gasteiger partial charge on any atom is -0.310 e. The Hall–Kier alpha value is -0.910. The molecule has 1 N–H and O–H groups in total. The summed E-state index contributed by atoms with van der Waals surface area (Å²) in [5.74, 6) is 0. The first-order valence-corrected chi connectivity index (χ1v) is 8.24. The molecule has 1 aromatic rings. The van der Waals surface area contributed by atoms with Gasteiger partial charge in [0.1, 0.15) is 0 Å². The molecule has 0 aromatic heterocycles. The molecular weight excluding hydrogens is 272 g/mol. The number of sulfonamides is 1. The fourth-order valence-electron chi connectivity index (χ4n) is 1.72. The Kier molecular flexibility index (Phi) is 5.35. The Labute approximate surface area is 123 Å². The summed E-state index contributed by atoms with van der Waals surface area (Å²) in [5.41, 5.74) is 1.31. The molecule has 1 aromatic carbocycles. The molecule has 0 amide bonds. The Morgan fingerprint density at radius 1 is 1.15 bits per heavy atom. The molecule has 0 aliphatic rings. The van der Waals surface area contributed by atoms with E-state index in [9.17, 15) is 8.42 Å². The van der Waals surface area contributed by atoms with E-state index in [2.05, 4.69) is 33.0 Å². The van der Waals surface area contributed by atoms with Crippen LogP contribution in [0.3, 0.4) is 0 Å². The summed E-state index contributed by atoms with van der Waals surface area (Å²) in [6.45, 7) is 9.53. The van der Waals surface area contributed by atoms with E-state index in [-0.39, 0.29) is 11.5 Å². The highest BCUT2D eigenvalue weighted by molar-refractivity contribution is 7.89. The van der Waals surface area contributed by atoms with Crippen LogP contribution in [-0.4, -0.2) is 33.4 Å². The molecule has 0 aliphatic carbocycles. The zero-order chi connectivity index (χ0) is 15.6. The number of hydrogen-bond acceptors (Lipinski definition) is 3. The normalized spacial score (nSPS) is 14.6. The van der Waals surface area contributed by atoms with Gasteiger partial charge in [0.05, 0.1) is 4.90 Å². The smallest absolute Gasteiger partial charge is 0.242 e. The Bertz CT molecular complexity index is 528. The number of nitrogens with one attached hydrogen (secondary N) is 1. The average Bonchev–Trinajstić information content (AvgIpc) is 2.35. The van der Waals surface area contributed by atoms with Crippen LogP contribution in [0, 0.1) is 5.41 Å². The minimum absolute atomic E-state index is 0.199. The molecule has 1 atom stereocenters. The van der Waals surface area contributed by atoms with Gasteiger partial charge in [0.15, 0.2) is 0 Å². The van der Waals surface area contributed by atoms with Gasteiger partial charge in [-0.1, -0.05) is 32.9 Å². The molecule has 0 radical (unpaired) electrons. The molecule has 0 saturated heterocycles. The predicted molar refractivity (Wildman–Crippen MR) is 83.2 cm³/mol. The molecule has 1 rings (SSSR count). The molecule has 0 heterocycles. The molecule has 0 saturated carbocycles. The van der Waals surface area contributed by atoms with Gasteiger partial charge in [0, 0.05) is 26.7 Å². The highest BCUT2D eigenvalue weighted by Gasteiger charge is 2.18. The molecule has 0 bridgehead atoms. The van der Waals surface area contributed by atoms with E-state index >= 15 is 0 Å². The second kappa shape index (κ2) is 6.24. The monoisotopic (exact) mass is 298 g/mol. The zero-order valence-electron chi connectivity index (χ0n) is 13.3. The number of rotatable bonds is 5. The Morgan fingerprint density at radius 2 is 1.65 bits per heavy atom. The van der Waals surface area contributed by atoms with E-state index < -0.39 is 10.0 Å². The van der Waals surface area contributed by atoms with Gasteiger partial charge >= 0.3 is 0 Å². The van der Waals surface area contributed by atoms with Crippen molar-refractivity contribution in [3.05, 3.63) is 29.8 Å². The number of benzene rings is 1. The summed E-state index contributed by atoms with van der Waals surface area (Å²) in [7, 11) is -0.265. The quantitative estimate of drug-likeness (QED) is 0.909.